The fourth-order valence-corrected chi connectivity index (χ4v) is 5.07. The van der Waals surface area contributed by atoms with Gasteiger partial charge in [0.15, 0.2) is 0 Å². The summed E-state index contributed by atoms with van der Waals surface area (Å²) in [5.41, 5.74) is 1.23. The lowest BCUT2D eigenvalue weighted by atomic mass is 9.77. The van der Waals surface area contributed by atoms with Crippen LogP contribution in [-0.2, 0) is 6.42 Å². The molecule has 0 spiro atoms. The number of hydrogen-bond donors (Lipinski definition) is 1. The molecule has 3 saturated heterocycles. The van der Waals surface area contributed by atoms with E-state index in [4.69, 9.17) is 4.74 Å². The van der Waals surface area contributed by atoms with E-state index in [1.807, 2.05) is 36.8 Å². The normalized spacial score (nSPS) is 27.3. The van der Waals surface area contributed by atoms with E-state index in [1.165, 1.54) is 16.9 Å². The highest BCUT2D eigenvalue weighted by molar-refractivity contribution is 7.12. The van der Waals surface area contributed by atoms with E-state index in [2.05, 4.69) is 21.3 Å². The molecule has 1 N–H and O–H groups in total. The van der Waals surface area contributed by atoms with E-state index in [0.717, 1.165) is 32.4 Å². The monoisotopic (exact) mass is 371 g/mol. The van der Waals surface area contributed by atoms with Crippen LogP contribution in [0.2, 0.25) is 0 Å². The van der Waals surface area contributed by atoms with E-state index < -0.39 is 0 Å². The van der Waals surface area contributed by atoms with Gasteiger partial charge >= 0.3 is 0 Å². The Kier molecular flexibility index (Phi) is 5.22. The molecular formula is C20H25N3O2S. The molecule has 0 aliphatic carbocycles. The van der Waals surface area contributed by atoms with Crippen LogP contribution in [0.25, 0.3) is 0 Å². The van der Waals surface area contributed by atoms with Crippen LogP contribution in [-0.4, -0.2) is 47.6 Å². The van der Waals surface area contributed by atoms with Gasteiger partial charge in [-0.3, -0.25) is 14.7 Å². The van der Waals surface area contributed by atoms with Crippen molar-refractivity contribution in [1.29, 1.82) is 0 Å². The lowest BCUT2D eigenvalue weighted by Crippen LogP contribution is -2.64. The first-order chi connectivity index (χ1) is 12.8. The summed E-state index contributed by atoms with van der Waals surface area (Å²) in [7, 11) is 0. The smallest absolute Gasteiger partial charge is 0.265 e. The molecule has 0 unspecified atom stereocenters. The van der Waals surface area contributed by atoms with Gasteiger partial charge in [-0.05, 0) is 68.3 Å². The summed E-state index contributed by atoms with van der Waals surface area (Å²) in [6.45, 7) is 4.77. The molecule has 5 nitrogen and oxygen atoms in total. The third-order valence-corrected chi connectivity index (χ3v) is 6.46. The highest BCUT2D eigenvalue weighted by Crippen LogP contribution is 2.35. The summed E-state index contributed by atoms with van der Waals surface area (Å²) < 4.78 is 5.60. The largest absolute Gasteiger partial charge is 0.492 e. The van der Waals surface area contributed by atoms with Gasteiger partial charge in [0, 0.05) is 24.5 Å². The minimum absolute atomic E-state index is 0.00149. The number of carbonyl (C=O) groups excluding carboxylic acids is 1. The van der Waals surface area contributed by atoms with Gasteiger partial charge in [-0.2, -0.15) is 0 Å². The lowest BCUT2D eigenvalue weighted by molar-refractivity contribution is 0.0136. The Bertz CT molecular complexity index is 741. The third-order valence-electron chi connectivity index (χ3n) is 5.57. The number of nitrogens with zero attached hydrogens (tertiary/aromatic N) is 2. The second kappa shape index (κ2) is 7.76. The Balaban J connectivity index is 1.52. The van der Waals surface area contributed by atoms with Gasteiger partial charge in [-0.25, -0.2) is 0 Å². The van der Waals surface area contributed by atoms with Gasteiger partial charge in [0.05, 0.1) is 6.61 Å². The minimum atomic E-state index is -0.00149. The fourth-order valence-electron chi connectivity index (χ4n) is 4.33. The molecule has 26 heavy (non-hydrogen) atoms. The van der Waals surface area contributed by atoms with Crippen LogP contribution in [0.1, 0.15) is 35.0 Å². The highest BCUT2D eigenvalue weighted by atomic mass is 32.1. The van der Waals surface area contributed by atoms with Crippen molar-refractivity contribution in [2.24, 2.45) is 5.92 Å². The topological polar surface area (TPSA) is 54.5 Å². The molecule has 6 heteroatoms. The maximum Gasteiger partial charge on any atom is 0.265 e. The summed E-state index contributed by atoms with van der Waals surface area (Å²) in [6, 6.07) is 6.52. The number of pyridine rings is 1. The van der Waals surface area contributed by atoms with Crippen molar-refractivity contribution in [1.82, 2.24) is 15.2 Å². The van der Waals surface area contributed by atoms with Crippen LogP contribution in [0.3, 0.4) is 0 Å². The first-order valence-corrected chi connectivity index (χ1v) is 10.3. The fraction of sp³-hybridized carbons (Fsp3) is 0.500. The molecule has 2 bridgehead atoms. The van der Waals surface area contributed by atoms with E-state index in [0.29, 0.717) is 29.2 Å². The maximum absolute atomic E-state index is 12.9. The Morgan fingerprint density at radius 2 is 2.23 bits per heavy atom. The number of rotatable bonds is 6. The van der Waals surface area contributed by atoms with E-state index in [1.54, 1.807) is 0 Å². The summed E-state index contributed by atoms with van der Waals surface area (Å²) in [5, 5.41) is 5.27. The summed E-state index contributed by atoms with van der Waals surface area (Å²) in [6.07, 6.45) is 7.00. The number of carbonyl (C=O) groups is 1. The van der Waals surface area contributed by atoms with Crippen molar-refractivity contribution in [3.05, 3.63) is 46.4 Å². The molecule has 0 radical (unpaired) electrons. The molecule has 3 aliphatic heterocycles. The summed E-state index contributed by atoms with van der Waals surface area (Å²) in [5.74, 6) is 1.25. The molecule has 0 saturated carbocycles. The van der Waals surface area contributed by atoms with E-state index in [9.17, 15) is 4.79 Å². The van der Waals surface area contributed by atoms with Gasteiger partial charge in [-0.1, -0.05) is 6.07 Å². The second-order valence-electron chi connectivity index (χ2n) is 7.05. The number of piperidine rings is 3. The van der Waals surface area contributed by atoms with E-state index >= 15 is 0 Å². The zero-order valence-corrected chi connectivity index (χ0v) is 15.9. The standard InChI is InChI=1S/C20H25N3O2S/c1-2-25-17-7-11-26-19(17)20(24)22-18-15-5-9-23(10-6-15)16(18)12-14-4-3-8-21-13-14/h3-4,7-8,11,13,15-16,18H,2,5-6,9-10,12H2,1H3,(H,22,24)/t16-,18-/m0/s1. The van der Waals surface area contributed by atoms with Gasteiger partial charge in [0.25, 0.3) is 5.91 Å². The van der Waals surface area contributed by atoms with Crippen LogP contribution < -0.4 is 10.1 Å². The predicted octanol–water partition coefficient (Wildman–Crippen LogP) is 2.98. The molecule has 2 aromatic rings. The molecule has 1 amide bonds. The molecule has 3 fully saturated rings. The van der Waals surface area contributed by atoms with Crippen molar-refractivity contribution in [3.8, 4) is 5.75 Å². The van der Waals surface area contributed by atoms with Crippen molar-refractivity contribution >= 4 is 17.2 Å². The minimum Gasteiger partial charge on any atom is -0.492 e. The summed E-state index contributed by atoms with van der Waals surface area (Å²) in [4.78, 5) is 20.4. The van der Waals surface area contributed by atoms with Crippen LogP contribution in [0.15, 0.2) is 36.0 Å². The Labute approximate surface area is 158 Å². The van der Waals surface area contributed by atoms with Crippen LogP contribution in [0.5, 0.6) is 5.75 Å². The number of fused-ring (bicyclic) bond motifs is 3. The number of nitrogens with one attached hydrogen (secondary N) is 1. The van der Waals surface area contributed by atoms with Gasteiger partial charge < -0.3 is 10.1 Å². The number of hydrogen-bond acceptors (Lipinski definition) is 5. The van der Waals surface area contributed by atoms with Crippen molar-refractivity contribution in [3.63, 3.8) is 0 Å². The molecule has 3 aliphatic rings. The van der Waals surface area contributed by atoms with Gasteiger partial charge in [0.2, 0.25) is 0 Å². The van der Waals surface area contributed by atoms with Gasteiger partial charge in [0.1, 0.15) is 10.6 Å². The molecule has 5 rings (SSSR count). The molecule has 5 heterocycles. The average molecular weight is 372 g/mol. The third kappa shape index (κ3) is 3.48. The van der Waals surface area contributed by atoms with Crippen molar-refractivity contribution < 1.29 is 9.53 Å². The van der Waals surface area contributed by atoms with Crippen molar-refractivity contribution in [2.75, 3.05) is 19.7 Å². The quantitative estimate of drug-likeness (QED) is 0.848. The second-order valence-corrected chi connectivity index (χ2v) is 7.97. The number of ether oxygens (including phenoxy) is 1. The van der Waals surface area contributed by atoms with Crippen LogP contribution in [0, 0.1) is 5.92 Å². The molecule has 2 atom stereocenters. The molecular weight excluding hydrogens is 346 g/mol. The maximum atomic E-state index is 12.9. The van der Waals surface area contributed by atoms with Crippen LogP contribution >= 0.6 is 11.3 Å². The number of aromatic nitrogens is 1. The molecule has 138 valence electrons. The highest BCUT2D eigenvalue weighted by Gasteiger charge is 2.43. The Morgan fingerprint density at radius 1 is 1.38 bits per heavy atom. The first kappa shape index (κ1) is 17.5. The Hall–Kier alpha value is -1.92. The lowest BCUT2D eigenvalue weighted by Gasteiger charge is -2.51. The summed E-state index contributed by atoms with van der Waals surface area (Å²) >= 11 is 1.45. The van der Waals surface area contributed by atoms with E-state index in [-0.39, 0.29) is 11.9 Å². The van der Waals surface area contributed by atoms with Crippen LogP contribution in [0.4, 0.5) is 0 Å². The average Bonchev–Trinajstić information content (AvgIpc) is 3.14. The first-order valence-electron chi connectivity index (χ1n) is 9.40. The molecule has 0 aromatic carbocycles. The Morgan fingerprint density at radius 3 is 2.96 bits per heavy atom. The zero-order chi connectivity index (χ0) is 17.9. The van der Waals surface area contributed by atoms with Crippen molar-refractivity contribution in [2.45, 2.75) is 38.3 Å². The van der Waals surface area contributed by atoms with Gasteiger partial charge in [-0.15, -0.1) is 11.3 Å². The predicted molar refractivity (Wildman–Crippen MR) is 103 cm³/mol. The number of amides is 1. The zero-order valence-electron chi connectivity index (χ0n) is 15.1. The number of thiophene rings is 1. The SMILES string of the molecule is CCOc1ccsc1C(=O)N[C@H]1C2CCN(CC2)[C@H]1Cc1cccnc1. The molecule has 2 aromatic heterocycles.